The minimum Gasteiger partial charge on any atom is -0.438 e. The number of pyridine rings is 1. The van der Waals surface area contributed by atoms with Crippen LogP contribution in [0.4, 0.5) is 4.79 Å². The SMILES string of the molecule is CC(c1ccc(-c2ccc(C(C)(C)C(N)=O)nc2)cc1)N1CCC(CC(C)(C)O)(c2ccccc2)OC1=O. The van der Waals surface area contributed by atoms with Gasteiger partial charge in [0, 0.05) is 31.1 Å². The molecule has 2 atom stereocenters. The maximum atomic E-state index is 13.3. The molecule has 38 heavy (non-hydrogen) atoms. The van der Waals surface area contributed by atoms with E-state index in [-0.39, 0.29) is 6.04 Å². The van der Waals surface area contributed by atoms with Gasteiger partial charge in [0.05, 0.1) is 22.8 Å². The van der Waals surface area contributed by atoms with Crippen LogP contribution in [-0.2, 0) is 20.5 Å². The molecule has 3 N–H and O–H groups in total. The molecule has 2 aromatic carbocycles. The molecular formula is C31H37N3O4. The lowest BCUT2D eigenvalue weighted by molar-refractivity contribution is -0.122. The van der Waals surface area contributed by atoms with Gasteiger partial charge in [0.15, 0.2) is 0 Å². The van der Waals surface area contributed by atoms with Crippen molar-refractivity contribution in [2.24, 2.45) is 5.73 Å². The molecule has 0 bridgehead atoms. The number of aromatic nitrogens is 1. The average molecular weight is 516 g/mol. The van der Waals surface area contributed by atoms with Crippen LogP contribution in [-0.4, -0.2) is 39.1 Å². The fourth-order valence-electron chi connectivity index (χ4n) is 5.09. The van der Waals surface area contributed by atoms with Gasteiger partial charge >= 0.3 is 6.09 Å². The molecule has 7 nitrogen and oxygen atoms in total. The first-order valence-electron chi connectivity index (χ1n) is 13.0. The van der Waals surface area contributed by atoms with E-state index in [0.29, 0.717) is 25.1 Å². The molecule has 7 heteroatoms. The maximum Gasteiger partial charge on any atom is 0.411 e. The van der Waals surface area contributed by atoms with E-state index in [0.717, 1.165) is 22.3 Å². The molecule has 0 saturated carbocycles. The van der Waals surface area contributed by atoms with Crippen molar-refractivity contribution in [3.8, 4) is 11.1 Å². The second kappa shape index (κ2) is 10.2. The third-order valence-corrected chi connectivity index (χ3v) is 7.51. The quantitative estimate of drug-likeness (QED) is 0.414. The first kappa shape index (κ1) is 27.3. The Morgan fingerprint density at radius 3 is 2.21 bits per heavy atom. The molecule has 1 aromatic heterocycles. The van der Waals surface area contributed by atoms with Gasteiger partial charge in [0.25, 0.3) is 0 Å². The van der Waals surface area contributed by atoms with Crippen LogP contribution in [0.1, 0.15) is 70.3 Å². The van der Waals surface area contributed by atoms with Crippen LogP contribution in [0.15, 0.2) is 72.9 Å². The van der Waals surface area contributed by atoms with Gasteiger partial charge in [-0.25, -0.2) is 4.79 Å². The van der Waals surface area contributed by atoms with Gasteiger partial charge in [-0.05, 0) is 57.4 Å². The standard InChI is InChI=1S/C31H37N3O4/c1-21(22-11-13-23(14-12-22)24-15-16-26(33-19-24)30(4,5)27(32)35)34-18-17-31(38-28(34)36,20-29(2,3)37)25-9-7-6-8-10-25/h6-16,19,21,37H,17-18,20H2,1-5H3,(H2,32,35). The number of amides is 2. The molecular weight excluding hydrogens is 478 g/mol. The van der Waals surface area contributed by atoms with E-state index in [9.17, 15) is 14.7 Å². The van der Waals surface area contributed by atoms with Gasteiger partial charge in [0.1, 0.15) is 5.60 Å². The Kier molecular flexibility index (Phi) is 7.35. The van der Waals surface area contributed by atoms with Gasteiger partial charge in [-0.3, -0.25) is 9.78 Å². The Morgan fingerprint density at radius 1 is 1.05 bits per heavy atom. The number of hydrogen-bond donors (Lipinski definition) is 2. The summed E-state index contributed by atoms with van der Waals surface area (Å²) in [7, 11) is 0. The van der Waals surface area contributed by atoms with Gasteiger partial charge in [0.2, 0.25) is 5.91 Å². The van der Waals surface area contributed by atoms with Crippen molar-refractivity contribution in [2.75, 3.05) is 6.54 Å². The molecule has 0 spiro atoms. The predicted molar refractivity (Wildman–Crippen MR) is 147 cm³/mol. The minimum absolute atomic E-state index is 0.190. The van der Waals surface area contributed by atoms with E-state index >= 15 is 0 Å². The number of rotatable bonds is 8. The highest BCUT2D eigenvalue weighted by atomic mass is 16.6. The van der Waals surface area contributed by atoms with Crippen molar-refractivity contribution >= 4 is 12.0 Å². The number of hydrogen-bond acceptors (Lipinski definition) is 5. The molecule has 1 aliphatic heterocycles. The number of aliphatic hydroxyl groups is 1. The van der Waals surface area contributed by atoms with Gasteiger partial charge < -0.3 is 20.5 Å². The zero-order valence-electron chi connectivity index (χ0n) is 22.8. The minimum atomic E-state index is -0.998. The van der Waals surface area contributed by atoms with Crippen molar-refractivity contribution < 1.29 is 19.4 Å². The van der Waals surface area contributed by atoms with Crippen LogP contribution in [0, 0.1) is 0 Å². The summed E-state index contributed by atoms with van der Waals surface area (Å²) in [4.78, 5) is 31.3. The number of cyclic esters (lactones) is 1. The van der Waals surface area contributed by atoms with Gasteiger partial charge in [-0.15, -0.1) is 0 Å². The van der Waals surface area contributed by atoms with Crippen LogP contribution in [0.3, 0.4) is 0 Å². The maximum absolute atomic E-state index is 13.3. The van der Waals surface area contributed by atoms with E-state index in [4.69, 9.17) is 10.5 Å². The first-order valence-corrected chi connectivity index (χ1v) is 13.0. The number of primary amides is 1. The van der Waals surface area contributed by atoms with Crippen molar-refractivity contribution in [2.45, 2.75) is 70.1 Å². The highest BCUT2D eigenvalue weighted by molar-refractivity contribution is 5.85. The van der Waals surface area contributed by atoms with Gasteiger partial charge in [-0.1, -0.05) is 60.7 Å². The highest BCUT2D eigenvalue weighted by Gasteiger charge is 2.46. The van der Waals surface area contributed by atoms with Crippen molar-refractivity contribution in [3.63, 3.8) is 0 Å². The zero-order valence-corrected chi connectivity index (χ0v) is 22.8. The highest BCUT2D eigenvalue weighted by Crippen LogP contribution is 2.42. The Hall–Kier alpha value is -3.71. The number of carbonyl (C=O) groups is 2. The topological polar surface area (TPSA) is 106 Å². The summed E-state index contributed by atoms with van der Waals surface area (Å²) in [5, 5.41) is 10.6. The Labute approximate surface area is 224 Å². The molecule has 1 aliphatic rings. The molecule has 2 amide bonds. The van der Waals surface area contributed by atoms with E-state index in [2.05, 4.69) is 4.98 Å². The largest absolute Gasteiger partial charge is 0.438 e. The summed E-state index contributed by atoms with van der Waals surface area (Å²) in [6.45, 7) is 9.49. The molecule has 0 radical (unpaired) electrons. The van der Waals surface area contributed by atoms with Crippen molar-refractivity contribution in [1.29, 1.82) is 0 Å². The van der Waals surface area contributed by atoms with E-state index in [1.165, 1.54) is 0 Å². The fourth-order valence-corrected chi connectivity index (χ4v) is 5.09. The zero-order chi connectivity index (χ0) is 27.7. The van der Waals surface area contributed by atoms with E-state index in [1.54, 1.807) is 38.8 Å². The molecule has 3 aromatic rings. The number of nitrogens with zero attached hydrogens (tertiary/aromatic N) is 2. The molecule has 0 aliphatic carbocycles. The molecule has 1 saturated heterocycles. The van der Waals surface area contributed by atoms with E-state index < -0.39 is 28.6 Å². The van der Waals surface area contributed by atoms with Crippen LogP contribution in [0.2, 0.25) is 0 Å². The molecule has 1 fully saturated rings. The number of carbonyl (C=O) groups excluding carboxylic acids is 2. The summed E-state index contributed by atoms with van der Waals surface area (Å²) >= 11 is 0. The lowest BCUT2D eigenvalue weighted by Gasteiger charge is -2.45. The first-order chi connectivity index (χ1) is 17.8. The van der Waals surface area contributed by atoms with Crippen molar-refractivity contribution in [1.82, 2.24) is 9.88 Å². The second-order valence-electron chi connectivity index (χ2n) is 11.4. The van der Waals surface area contributed by atoms with E-state index in [1.807, 2.05) is 73.7 Å². The number of nitrogens with two attached hydrogens (primary N) is 1. The van der Waals surface area contributed by atoms with Crippen LogP contribution in [0.5, 0.6) is 0 Å². The third kappa shape index (κ3) is 5.58. The Morgan fingerprint density at radius 2 is 1.68 bits per heavy atom. The van der Waals surface area contributed by atoms with Crippen LogP contribution >= 0.6 is 0 Å². The smallest absolute Gasteiger partial charge is 0.411 e. The third-order valence-electron chi connectivity index (χ3n) is 7.51. The summed E-state index contributed by atoms with van der Waals surface area (Å²) in [5.74, 6) is -0.423. The lowest BCUT2D eigenvalue weighted by Crippen LogP contribution is -2.51. The molecule has 2 heterocycles. The summed E-state index contributed by atoms with van der Waals surface area (Å²) in [6.07, 6.45) is 2.25. The second-order valence-corrected chi connectivity index (χ2v) is 11.4. The fraction of sp³-hybridized carbons (Fsp3) is 0.387. The number of ether oxygens (including phenoxy) is 1. The van der Waals surface area contributed by atoms with Crippen LogP contribution < -0.4 is 5.73 Å². The Bertz CT molecular complexity index is 1280. The predicted octanol–water partition coefficient (Wildman–Crippen LogP) is 5.47. The molecule has 200 valence electrons. The van der Waals surface area contributed by atoms with Crippen molar-refractivity contribution in [3.05, 3.63) is 89.7 Å². The lowest BCUT2D eigenvalue weighted by atomic mass is 9.80. The summed E-state index contributed by atoms with van der Waals surface area (Å²) in [5.41, 5.74) is 7.20. The summed E-state index contributed by atoms with van der Waals surface area (Å²) < 4.78 is 6.13. The summed E-state index contributed by atoms with van der Waals surface area (Å²) in [6, 6.07) is 21.3. The number of benzene rings is 2. The monoisotopic (exact) mass is 515 g/mol. The average Bonchev–Trinajstić information content (AvgIpc) is 2.88. The Balaban J connectivity index is 1.50. The van der Waals surface area contributed by atoms with Gasteiger partial charge in [-0.2, -0.15) is 0 Å². The molecule has 4 rings (SSSR count). The normalized spacial score (nSPS) is 19.1. The van der Waals surface area contributed by atoms with Crippen LogP contribution in [0.25, 0.3) is 11.1 Å². The molecule has 2 unspecified atom stereocenters.